The fraction of sp³-hybridized carbons (Fsp3) is 0.474. The van der Waals surface area contributed by atoms with Crippen molar-refractivity contribution < 1.29 is 22.7 Å². The van der Waals surface area contributed by atoms with E-state index in [2.05, 4.69) is 4.98 Å². The lowest BCUT2D eigenvalue weighted by atomic mass is 9.96. The number of pyridine rings is 1. The number of benzene rings is 1. The first-order chi connectivity index (χ1) is 12.3. The molecule has 2 aromatic rings. The lowest BCUT2D eigenvalue weighted by molar-refractivity contribution is -0.148. The van der Waals surface area contributed by atoms with E-state index >= 15 is 0 Å². The molecule has 7 heteroatoms. The molecule has 1 aliphatic heterocycles. The number of aromatic nitrogens is 1. The Morgan fingerprint density at radius 2 is 1.96 bits per heavy atom. The van der Waals surface area contributed by atoms with Gasteiger partial charge in [0.15, 0.2) is 0 Å². The van der Waals surface area contributed by atoms with Crippen molar-refractivity contribution in [2.45, 2.75) is 32.9 Å². The van der Waals surface area contributed by atoms with Crippen LogP contribution in [0.25, 0.3) is 10.9 Å². The number of esters is 1. The number of aryl methyl sites for hydroxylation is 1. The lowest BCUT2D eigenvalue weighted by Gasteiger charge is -2.33. The summed E-state index contributed by atoms with van der Waals surface area (Å²) in [4.78, 5) is 17.6. The second-order valence-corrected chi connectivity index (χ2v) is 6.56. The maximum absolute atomic E-state index is 13.3. The number of hydrogen-bond donors (Lipinski definition) is 0. The lowest BCUT2D eigenvalue weighted by Crippen LogP contribution is -2.37. The highest BCUT2D eigenvalue weighted by atomic mass is 19.4. The molecule has 0 spiro atoms. The van der Waals surface area contributed by atoms with Gasteiger partial charge in [-0.3, -0.25) is 4.79 Å². The van der Waals surface area contributed by atoms with Crippen molar-refractivity contribution >= 4 is 22.6 Å². The number of halogens is 3. The van der Waals surface area contributed by atoms with Crippen molar-refractivity contribution in [2.75, 3.05) is 24.6 Å². The van der Waals surface area contributed by atoms with Crippen LogP contribution in [0.5, 0.6) is 0 Å². The van der Waals surface area contributed by atoms with Crippen LogP contribution in [0.1, 0.15) is 31.0 Å². The van der Waals surface area contributed by atoms with Gasteiger partial charge in [0, 0.05) is 24.2 Å². The number of rotatable bonds is 3. The Balaban J connectivity index is 1.94. The van der Waals surface area contributed by atoms with Crippen molar-refractivity contribution in [3.8, 4) is 0 Å². The van der Waals surface area contributed by atoms with Gasteiger partial charge < -0.3 is 9.64 Å². The van der Waals surface area contributed by atoms with Gasteiger partial charge >= 0.3 is 12.1 Å². The van der Waals surface area contributed by atoms with E-state index < -0.39 is 11.9 Å². The minimum atomic E-state index is -4.50. The number of carbonyl (C=O) groups is 1. The molecule has 1 fully saturated rings. The van der Waals surface area contributed by atoms with Crippen LogP contribution < -0.4 is 4.90 Å². The maximum atomic E-state index is 13.3. The molecule has 0 atom stereocenters. The highest BCUT2D eigenvalue weighted by Crippen LogP contribution is 2.36. The normalized spacial score (nSPS) is 16.1. The summed E-state index contributed by atoms with van der Waals surface area (Å²) < 4.78 is 44.8. The van der Waals surface area contributed by atoms with Gasteiger partial charge in [-0.15, -0.1) is 0 Å². The Hall–Kier alpha value is -2.31. The van der Waals surface area contributed by atoms with Crippen LogP contribution >= 0.6 is 0 Å². The molecule has 1 saturated heterocycles. The Morgan fingerprint density at radius 3 is 2.58 bits per heavy atom. The van der Waals surface area contributed by atoms with Crippen molar-refractivity contribution in [3.05, 3.63) is 35.5 Å². The smallest absolute Gasteiger partial charge is 0.433 e. The van der Waals surface area contributed by atoms with E-state index in [1.807, 2.05) is 17.9 Å². The third-order valence-electron chi connectivity index (χ3n) is 4.69. The number of alkyl halides is 3. The molecule has 1 aromatic heterocycles. The molecular weight excluding hydrogens is 345 g/mol. The fourth-order valence-electron chi connectivity index (χ4n) is 3.34. The van der Waals surface area contributed by atoms with Crippen LogP contribution in [-0.2, 0) is 15.7 Å². The molecule has 3 rings (SSSR count). The van der Waals surface area contributed by atoms with Gasteiger partial charge in [-0.25, -0.2) is 4.98 Å². The topological polar surface area (TPSA) is 42.4 Å². The van der Waals surface area contributed by atoms with E-state index in [1.54, 1.807) is 19.1 Å². The third-order valence-corrected chi connectivity index (χ3v) is 4.69. The summed E-state index contributed by atoms with van der Waals surface area (Å²) in [6.45, 7) is 5.01. The Labute approximate surface area is 150 Å². The van der Waals surface area contributed by atoms with Crippen LogP contribution in [0.4, 0.5) is 18.9 Å². The first-order valence-electron chi connectivity index (χ1n) is 8.69. The van der Waals surface area contributed by atoms with Crippen LogP contribution in [0.3, 0.4) is 0 Å². The predicted octanol–water partition coefficient (Wildman–Crippen LogP) is 4.34. The maximum Gasteiger partial charge on any atom is 0.433 e. The molecule has 0 aliphatic carbocycles. The predicted molar refractivity (Wildman–Crippen MR) is 93.1 cm³/mol. The van der Waals surface area contributed by atoms with E-state index in [0.29, 0.717) is 49.1 Å². The van der Waals surface area contributed by atoms with E-state index in [-0.39, 0.29) is 11.9 Å². The summed E-state index contributed by atoms with van der Waals surface area (Å²) in [5, 5.41) is 0.701. The molecule has 1 aliphatic rings. The summed E-state index contributed by atoms with van der Waals surface area (Å²) in [6.07, 6.45) is -3.37. The number of nitrogens with zero attached hydrogens (tertiary/aromatic N) is 2. The molecule has 26 heavy (non-hydrogen) atoms. The molecule has 4 nitrogen and oxygen atoms in total. The molecule has 1 aromatic carbocycles. The molecule has 2 heterocycles. The average molecular weight is 366 g/mol. The van der Waals surface area contributed by atoms with Crippen molar-refractivity contribution in [2.24, 2.45) is 5.92 Å². The zero-order valence-corrected chi connectivity index (χ0v) is 14.8. The van der Waals surface area contributed by atoms with Crippen molar-refractivity contribution in [1.82, 2.24) is 4.98 Å². The number of hydrogen-bond acceptors (Lipinski definition) is 4. The van der Waals surface area contributed by atoms with Crippen LogP contribution in [0, 0.1) is 12.8 Å². The van der Waals surface area contributed by atoms with Gasteiger partial charge in [0.25, 0.3) is 0 Å². The molecule has 0 radical (unpaired) electrons. The van der Waals surface area contributed by atoms with Gasteiger partial charge in [-0.1, -0.05) is 11.6 Å². The highest BCUT2D eigenvalue weighted by Gasteiger charge is 2.34. The number of fused-ring (bicyclic) bond motifs is 1. The average Bonchev–Trinajstić information content (AvgIpc) is 2.60. The van der Waals surface area contributed by atoms with Crippen molar-refractivity contribution in [3.63, 3.8) is 0 Å². The molecule has 0 N–H and O–H groups in total. The highest BCUT2D eigenvalue weighted by molar-refractivity contribution is 5.92. The molecule has 0 amide bonds. The van der Waals surface area contributed by atoms with Crippen molar-refractivity contribution in [1.29, 1.82) is 0 Å². The summed E-state index contributed by atoms with van der Waals surface area (Å²) in [5.74, 6) is -0.415. The number of piperidine rings is 1. The van der Waals surface area contributed by atoms with Crippen LogP contribution in [-0.4, -0.2) is 30.6 Å². The number of anilines is 1. The Kier molecular flexibility index (Phi) is 5.07. The summed E-state index contributed by atoms with van der Waals surface area (Å²) >= 11 is 0. The number of carbonyl (C=O) groups excluding carboxylic acids is 1. The molecule has 0 saturated carbocycles. The number of ether oxygens (including phenoxy) is 1. The first kappa shape index (κ1) is 18.5. The van der Waals surface area contributed by atoms with E-state index in [0.717, 1.165) is 11.6 Å². The van der Waals surface area contributed by atoms with E-state index in [4.69, 9.17) is 4.74 Å². The van der Waals surface area contributed by atoms with Gasteiger partial charge in [0.05, 0.1) is 18.0 Å². The van der Waals surface area contributed by atoms with Gasteiger partial charge in [-0.2, -0.15) is 13.2 Å². The standard InChI is InChI=1S/C19H21F3N2O2/c1-3-26-18(25)13-6-8-24(9-7-13)16-11-17(19(20,21)22)23-15-5-4-12(2)10-14(15)16/h4-5,10-11,13H,3,6-9H2,1-2H3. The third kappa shape index (κ3) is 3.76. The van der Waals surface area contributed by atoms with Crippen LogP contribution in [0.2, 0.25) is 0 Å². The molecule has 0 unspecified atom stereocenters. The van der Waals surface area contributed by atoms with Gasteiger partial charge in [-0.05, 0) is 44.9 Å². The summed E-state index contributed by atoms with van der Waals surface area (Å²) in [7, 11) is 0. The Morgan fingerprint density at radius 1 is 1.27 bits per heavy atom. The summed E-state index contributed by atoms with van der Waals surface area (Å²) in [6, 6.07) is 6.35. The molecule has 140 valence electrons. The SMILES string of the molecule is CCOC(=O)C1CCN(c2cc(C(F)(F)F)nc3ccc(C)cc23)CC1. The second kappa shape index (κ2) is 7.13. The monoisotopic (exact) mass is 366 g/mol. The minimum absolute atomic E-state index is 0.192. The van der Waals surface area contributed by atoms with E-state index in [1.165, 1.54) is 0 Å². The second-order valence-electron chi connectivity index (χ2n) is 6.56. The van der Waals surface area contributed by atoms with E-state index in [9.17, 15) is 18.0 Å². The molecular formula is C19H21F3N2O2. The van der Waals surface area contributed by atoms with Crippen LogP contribution in [0.15, 0.2) is 24.3 Å². The first-order valence-corrected chi connectivity index (χ1v) is 8.69. The minimum Gasteiger partial charge on any atom is -0.466 e. The van der Waals surface area contributed by atoms with Gasteiger partial charge in [0.2, 0.25) is 0 Å². The summed E-state index contributed by atoms with van der Waals surface area (Å²) in [5.41, 5.74) is 0.916. The quantitative estimate of drug-likeness (QED) is 0.758. The zero-order valence-electron chi connectivity index (χ0n) is 14.8. The fourth-order valence-corrected chi connectivity index (χ4v) is 3.34. The zero-order chi connectivity index (χ0) is 18.9. The molecule has 0 bridgehead atoms. The van der Waals surface area contributed by atoms with Gasteiger partial charge in [0.1, 0.15) is 5.69 Å². The largest absolute Gasteiger partial charge is 0.466 e. The Bertz CT molecular complexity index is 812.